The molecule has 0 aliphatic carbocycles. The highest BCUT2D eigenvalue weighted by atomic mass is 19.1. The van der Waals surface area contributed by atoms with Crippen LogP contribution in [0.5, 0.6) is 0 Å². The van der Waals surface area contributed by atoms with Gasteiger partial charge in [0.15, 0.2) is 23.0 Å². The molecule has 0 radical (unpaired) electrons. The Morgan fingerprint density at radius 2 is 1.94 bits per heavy atom. The van der Waals surface area contributed by atoms with Crippen molar-refractivity contribution in [3.8, 4) is 18.0 Å². The van der Waals surface area contributed by atoms with E-state index in [0.717, 1.165) is 17.1 Å². The molecule has 0 atom stereocenters. The zero-order chi connectivity index (χ0) is 12.4. The molecule has 17 heavy (non-hydrogen) atoms. The second-order valence-electron chi connectivity index (χ2n) is 2.99. The predicted octanol–water partition coefficient (Wildman–Crippen LogP) is 1.29. The molecule has 0 aromatic carbocycles. The molecule has 2 aromatic rings. The summed E-state index contributed by atoms with van der Waals surface area (Å²) in [5.74, 6) is -2.05. The molecule has 0 spiro atoms. The van der Waals surface area contributed by atoms with Crippen molar-refractivity contribution in [2.24, 2.45) is 0 Å². The van der Waals surface area contributed by atoms with Gasteiger partial charge < -0.3 is 0 Å². The van der Waals surface area contributed by atoms with Gasteiger partial charge in [-0.15, -0.1) is 0 Å². The molecular weight excluding hydrogens is 228 g/mol. The lowest BCUT2D eigenvalue weighted by molar-refractivity contribution is 0.565. The Labute approximate surface area is 94.2 Å². The summed E-state index contributed by atoms with van der Waals surface area (Å²) in [6, 6.07) is 4.04. The molecule has 5 nitrogen and oxygen atoms in total. The van der Waals surface area contributed by atoms with E-state index in [0.29, 0.717) is 6.07 Å². The van der Waals surface area contributed by atoms with Crippen LogP contribution in [0.4, 0.5) is 8.78 Å². The molecule has 7 heteroatoms. The number of hydrogen-bond acceptors (Lipinski definition) is 4. The fraction of sp³-hybridized carbons (Fsp3) is 0. The minimum atomic E-state index is -0.941. The van der Waals surface area contributed by atoms with Gasteiger partial charge in [-0.1, -0.05) is 0 Å². The van der Waals surface area contributed by atoms with Crippen molar-refractivity contribution < 1.29 is 8.78 Å². The number of hydrogen-bond donors (Lipinski definition) is 0. The second kappa shape index (κ2) is 3.99. The lowest BCUT2D eigenvalue weighted by atomic mass is 10.3. The minimum absolute atomic E-state index is 0.141. The second-order valence-corrected chi connectivity index (χ2v) is 2.99. The van der Waals surface area contributed by atoms with E-state index in [1.807, 2.05) is 0 Å². The summed E-state index contributed by atoms with van der Waals surface area (Å²) in [7, 11) is 0. The SMILES string of the molecule is N#Cc1ncn(-c2ncc(F)cc2F)c1C#N. The van der Waals surface area contributed by atoms with E-state index < -0.39 is 11.6 Å². The quantitative estimate of drug-likeness (QED) is 0.740. The number of nitrogens with zero attached hydrogens (tertiary/aromatic N) is 5. The van der Waals surface area contributed by atoms with E-state index in [9.17, 15) is 8.78 Å². The maximum atomic E-state index is 13.4. The Kier molecular flexibility index (Phi) is 2.51. The number of nitriles is 2. The maximum absolute atomic E-state index is 13.4. The van der Waals surface area contributed by atoms with Gasteiger partial charge in [0.25, 0.3) is 0 Å². The summed E-state index contributed by atoms with van der Waals surface area (Å²) >= 11 is 0. The van der Waals surface area contributed by atoms with Gasteiger partial charge in [0, 0.05) is 6.07 Å². The predicted molar refractivity (Wildman–Crippen MR) is 50.7 cm³/mol. The van der Waals surface area contributed by atoms with Crippen molar-refractivity contribution in [3.05, 3.63) is 41.6 Å². The zero-order valence-corrected chi connectivity index (χ0v) is 8.22. The monoisotopic (exact) mass is 231 g/mol. The van der Waals surface area contributed by atoms with Crippen LogP contribution in [0.3, 0.4) is 0 Å². The lowest BCUT2D eigenvalue weighted by Crippen LogP contribution is -2.03. The van der Waals surface area contributed by atoms with Gasteiger partial charge in [-0.05, 0) is 0 Å². The minimum Gasteiger partial charge on any atom is -0.271 e. The number of aromatic nitrogens is 3. The molecule has 0 amide bonds. The smallest absolute Gasteiger partial charge is 0.177 e. The Morgan fingerprint density at radius 3 is 2.53 bits per heavy atom. The molecule has 2 aromatic heterocycles. The van der Waals surface area contributed by atoms with E-state index in [-0.39, 0.29) is 17.2 Å². The average molecular weight is 231 g/mol. The molecule has 0 N–H and O–H groups in total. The van der Waals surface area contributed by atoms with Crippen LogP contribution in [0.1, 0.15) is 11.4 Å². The molecule has 0 saturated heterocycles. The Balaban J connectivity index is 2.66. The van der Waals surface area contributed by atoms with E-state index in [1.165, 1.54) is 0 Å². The van der Waals surface area contributed by atoms with E-state index in [1.54, 1.807) is 12.1 Å². The molecule has 2 heterocycles. The van der Waals surface area contributed by atoms with Gasteiger partial charge in [0.1, 0.15) is 24.3 Å². The van der Waals surface area contributed by atoms with Crippen LogP contribution in [-0.4, -0.2) is 14.5 Å². The highest BCUT2D eigenvalue weighted by Gasteiger charge is 2.15. The van der Waals surface area contributed by atoms with Crippen LogP contribution in [-0.2, 0) is 0 Å². The third-order valence-corrected chi connectivity index (χ3v) is 2.00. The van der Waals surface area contributed by atoms with Gasteiger partial charge >= 0.3 is 0 Å². The largest absolute Gasteiger partial charge is 0.271 e. The first-order valence-electron chi connectivity index (χ1n) is 4.36. The van der Waals surface area contributed by atoms with Gasteiger partial charge in [0.2, 0.25) is 0 Å². The number of halogens is 2. The van der Waals surface area contributed by atoms with Gasteiger partial charge in [-0.2, -0.15) is 10.5 Å². The van der Waals surface area contributed by atoms with E-state index in [2.05, 4.69) is 9.97 Å². The van der Waals surface area contributed by atoms with Gasteiger partial charge in [-0.25, -0.2) is 18.7 Å². The van der Waals surface area contributed by atoms with Crippen LogP contribution < -0.4 is 0 Å². The van der Waals surface area contributed by atoms with Crippen LogP contribution in [0.2, 0.25) is 0 Å². The van der Waals surface area contributed by atoms with E-state index >= 15 is 0 Å². The van der Waals surface area contributed by atoms with Crippen molar-refractivity contribution in [2.45, 2.75) is 0 Å². The zero-order valence-electron chi connectivity index (χ0n) is 8.22. The topological polar surface area (TPSA) is 78.3 Å². The number of pyridine rings is 1. The first-order valence-corrected chi connectivity index (χ1v) is 4.36. The summed E-state index contributed by atoms with van der Waals surface area (Å²) in [5, 5.41) is 17.5. The molecule has 0 fully saturated rings. The van der Waals surface area contributed by atoms with Crippen molar-refractivity contribution >= 4 is 0 Å². The summed E-state index contributed by atoms with van der Waals surface area (Å²) in [5.41, 5.74) is -0.288. The number of imidazole rings is 1. The standard InChI is InChI=1S/C10H3F2N5/c11-6-1-7(12)10(15-4-6)17-5-16-8(2-13)9(17)3-14/h1,4-5H. The van der Waals surface area contributed by atoms with Crippen LogP contribution in [0, 0.1) is 34.3 Å². The van der Waals surface area contributed by atoms with Crippen LogP contribution >= 0.6 is 0 Å². The Bertz CT molecular complexity index is 662. The fourth-order valence-electron chi connectivity index (χ4n) is 1.28. The molecule has 2 rings (SSSR count). The normalized spacial score (nSPS) is 9.65. The van der Waals surface area contributed by atoms with Crippen molar-refractivity contribution in [1.29, 1.82) is 10.5 Å². The highest BCUT2D eigenvalue weighted by Crippen LogP contribution is 2.15. The molecule has 82 valence electrons. The number of rotatable bonds is 1. The summed E-state index contributed by atoms with van der Waals surface area (Å²) in [4.78, 5) is 7.14. The molecule has 0 aliphatic rings. The average Bonchev–Trinajstić information content (AvgIpc) is 2.71. The van der Waals surface area contributed by atoms with Crippen molar-refractivity contribution in [1.82, 2.24) is 14.5 Å². The van der Waals surface area contributed by atoms with Crippen molar-refractivity contribution in [2.75, 3.05) is 0 Å². The van der Waals surface area contributed by atoms with Crippen molar-refractivity contribution in [3.63, 3.8) is 0 Å². The highest BCUT2D eigenvalue weighted by molar-refractivity contribution is 5.41. The molecule has 0 bridgehead atoms. The fourth-order valence-corrected chi connectivity index (χ4v) is 1.28. The van der Waals surface area contributed by atoms with Gasteiger partial charge in [0.05, 0.1) is 6.20 Å². The Hall–Kier alpha value is -2.80. The molecule has 0 unspecified atom stereocenters. The van der Waals surface area contributed by atoms with E-state index in [4.69, 9.17) is 10.5 Å². The third kappa shape index (κ3) is 1.70. The van der Waals surface area contributed by atoms with Gasteiger partial charge in [-0.3, -0.25) is 4.57 Å². The first-order chi connectivity index (χ1) is 8.17. The molecular formula is C10H3F2N5. The summed E-state index contributed by atoms with van der Waals surface area (Å²) < 4.78 is 27.1. The third-order valence-electron chi connectivity index (χ3n) is 2.00. The molecule has 0 saturated carbocycles. The van der Waals surface area contributed by atoms with Crippen LogP contribution in [0.15, 0.2) is 18.6 Å². The maximum Gasteiger partial charge on any atom is 0.177 e. The summed E-state index contributed by atoms with van der Waals surface area (Å²) in [6.07, 6.45) is 1.89. The molecule has 0 aliphatic heterocycles. The first kappa shape index (κ1) is 10.7. The summed E-state index contributed by atoms with van der Waals surface area (Å²) in [6.45, 7) is 0. The van der Waals surface area contributed by atoms with Crippen LogP contribution in [0.25, 0.3) is 5.82 Å². The Morgan fingerprint density at radius 1 is 1.18 bits per heavy atom. The lowest BCUT2D eigenvalue weighted by Gasteiger charge is -2.03.